The first kappa shape index (κ1) is 18.3. The Morgan fingerprint density at radius 3 is 2.79 bits per heavy atom. The summed E-state index contributed by atoms with van der Waals surface area (Å²) in [5, 5.41) is 22.9. The third-order valence-corrected chi connectivity index (χ3v) is 7.47. The number of aliphatic hydroxyl groups is 2. The van der Waals surface area contributed by atoms with Crippen LogP contribution in [0.1, 0.15) is 69.5 Å². The van der Waals surface area contributed by atoms with E-state index in [9.17, 15) is 10.2 Å². The van der Waals surface area contributed by atoms with Gasteiger partial charge in [0.15, 0.2) is 11.5 Å². The second-order valence-corrected chi connectivity index (χ2v) is 9.11. The van der Waals surface area contributed by atoms with Crippen LogP contribution in [0, 0.1) is 17.8 Å². The van der Waals surface area contributed by atoms with E-state index in [0.29, 0.717) is 12.3 Å². The lowest BCUT2D eigenvalue weighted by Crippen LogP contribution is -2.30. The quantitative estimate of drug-likeness (QED) is 0.645. The number of aromatic nitrogens is 4. The van der Waals surface area contributed by atoms with Crippen molar-refractivity contribution in [2.75, 3.05) is 11.9 Å². The number of imidazole rings is 1. The minimum atomic E-state index is -0.456. The van der Waals surface area contributed by atoms with Crippen LogP contribution in [0.5, 0.6) is 0 Å². The highest BCUT2D eigenvalue weighted by molar-refractivity contribution is 5.82. The lowest BCUT2D eigenvalue weighted by molar-refractivity contribution is 0.0908. The lowest BCUT2D eigenvalue weighted by Gasteiger charge is -2.40. The van der Waals surface area contributed by atoms with Crippen molar-refractivity contribution < 1.29 is 10.2 Å². The van der Waals surface area contributed by atoms with Crippen LogP contribution in [0.15, 0.2) is 6.33 Å². The Bertz CT molecular complexity index is 822. The summed E-state index contributed by atoms with van der Waals surface area (Å²) in [7, 11) is 0. The van der Waals surface area contributed by atoms with Gasteiger partial charge in [0.05, 0.1) is 6.10 Å². The Balaban J connectivity index is 1.40. The number of anilines is 1. The molecule has 4 N–H and O–H groups in total. The van der Waals surface area contributed by atoms with E-state index in [0.717, 1.165) is 41.1 Å². The maximum absolute atomic E-state index is 10.1. The second kappa shape index (κ2) is 7.59. The zero-order valence-electron chi connectivity index (χ0n) is 16.3. The Morgan fingerprint density at radius 2 is 1.93 bits per heavy atom. The summed E-state index contributed by atoms with van der Waals surface area (Å²) in [6, 6.07) is 0.106. The summed E-state index contributed by atoms with van der Waals surface area (Å²) in [5.41, 5.74) is 1.60. The van der Waals surface area contributed by atoms with Crippen LogP contribution in [0.4, 0.5) is 5.82 Å². The van der Waals surface area contributed by atoms with Gasteiger partial charge in [-0.1, -0.05) is 32.1 Å². The molecule has 2 aromatic rings. The molecule has 0 radical (unpaired) electrons. The number of H-pyrrole nitrogens is 1. The predicted molar refractivity (Wildman–Crippen MR) is 107 cm³/mol. The smallest absolute Gasteiger partial charge is 0.183 e. The molecule has 2 heterocycles. The van der Waals surface area contributed by atoms with E-state index in [4.69, 9.17) is 4.98 Å². The molecule has 3 aliphatic carbocycles. The molecule has 3 aliphatic rings. The molecule has 152 valence electrons. The summed E-state index contributed by atoms with van der Waals surface area (Å²) in [5.74, 6) is 3.90. The molecule has 3 saturated carbocycles. The van der Waals surface area contributed by atoms with Crippen LogP contribution in [0.25, 0.3) is 11.2 Å². The minimum Gasteiger partial charge on any atom is -0.396 e. The summed E-state index contributed by atoms with van der Waals surface area (Å²) < 4.78 is 0. The second-order valence-electron chi connectivity index (χ2n) is 9.11. The molecule has 0 spiro atoms. The number of nitrogens with zero attached hydrogens (tertiary/aromatic N) is 3. The van der Waals surface area contributed by atoms with E-state index in [-0.39, 0.29) is 18.6 Å². The number of aromatic amines is 1. The number of rotatable bonds is 4. The van der Waals surface area contributed by atoms with Gasteiger partial charge in [0.2, 0.25) is 0 Å². The molecular formula is C21H31N5O2. The SMILES string of the molecule is OCC1CC(Nc2ncnc3nc(C4CCCC5CCCCC54)[nH]c23)CC1O. The van der Waals surface area contributed by atoms with Gasteiger partial charge in [-0.15, -0.1) is 0 Å². The van der Waals surface area contributed by atoms with Crippen LogP contribution in [0.2, 0.25) is 0 Å². The molecule has 6 unspecified atom stereocenters. The normalized spacial score (nSPS) is 35.8. The van der Waals surface area contributed by atoms with Crippen LogP contribution < -0.4 is 5.32 Å². The molecule has 7 heteroatoms. The van der Waals surface area contributed by atoms with Gasteiger partial charge in [-0.05, 0) is 37.5 Å². The first-order valence-electron chi connectivity index (χ1n) is 11.0. The first-order chi connectivity index (χ1) is 13.7. The molecule has 0 aromatic carbocycles. The maximum atomic E-state index is 10.1. The Hall–Kier alpha value is -1.73. The van der Waals surface area contributed by atoms with Gasteiger partial charge in [0.25, 0.3) is 0 Å². The first-order valence-corrected chi connectivity index (χ1v) is 11.0. The Labute approximate surface area is 165 Å². The summed E-state index contributed by atoms with van der Waals surface area (Å²) in [6.07, 6.45) is 11.8. The van der Waals surface area contributed by atoms with Gasteiger partial charge < -0.3 is 20.5 Å². The van der Waals surface area contributed by atoms with E-state index in [1.54, 1.807) is 6.33 Å². The van der Waals surface area contributed by atoms with Crippen LogP contribution in [0.3, 0.4) is 0 Å². The number of aliphatic hydroxyl groups excluding tert-OH is 2. The van der Waals surface area contributed by atoms with Gasteiger partial charge in [0, 0.05) is 24.5 Å². The number of hydrogen-bond acceptors (Lipinski definition) is 6. The standard InChI is InChI=1S/C21H31N5O2/c27-10-13-8-14(9-17(13)28)24-20-18-21(23-11-22-20)26-19(25-18)16-7-3-5-12-4-1-2-6-15(12)16/h11-17,27-28H,1-10H2,(H2,22,23,24,25,26). The summed E-state index contributed by atoms with van der Waals surface area (Å²) in [6.45, 7) is 0.0248. The molecule has 28 heavy (non-hydrogen) atoms. The van der Waals surface area contributed by atoms with Crippen molar-refractivity contribution in [3.63, 3.8) is 0 Å². The molecule has 5 rings (SSSR count). The minimum absolute atomic E-state index is 0.0248. The van der Waals surface area contributed by atoms with Crippen molar-refractivity contribution in [2.24, 2.45) is 17.8 Å². The molecule has 0 aliphatic heterocycles. The van der Waals surface area contributed by atoms with E-state index in [1.165, 1.54) is 44.9 Å². The molecule has 0 bridgehead atoms. The fourth-order valence-corrected chi connectivity index (χ4v) is 6.02. The topological polar surface area (TPSA) is 107 Å². The summed E-state index contributed by atoms with van der Waals surface area (Å²) in [4.78, 5) is 17.3. The average molecular weight is 386 g/mol. The third kappa shape index (κ3) is 3.28. The maximum Gasteiger partial charge on any atom is 0.183 e. The average Bonchev–Trinajstić information content (AvgIpc) is 3.31. The van der Waals surface area contributed by atoms with E-state index >= 15 is 0 Å². The molecule has 6 atom stereocenters. The van der Waals surface area contributed by atoms with Crippen molar-refractivity contribution in [1.29, 1.82) is 0 Å². The Morgan fingerprint density at radius 1 is 1.07 bits per heavy atom. The molecule has 0 amide bonds. The van der Waals surface area contributed by atoms with Gasteiger partial charge in [0.1, 0.15) is 17.7 Å². The summed E-state index contributed by atoms with van der Waals surface area (Å²) >= 11 is 0. The van der Waals surface area contributed by atoms with Gasteiger partial charge in [-0.2, -0.15) is 0 Å². The number of nitrogens with one attached hydrogen (secondary N) is 2. The fourth-order valence-electron chi connectivity index (χ4n) is 6.02. The number of fused-ring (bicyclic) bond motifs is 2. The van der Waals surface area contributed by atoms with Gasteiger partial charge in [-0.25, -0.2) is 15.0 Å². The predicted octanol–water partition coefficient (Wildman–Crippen LogP) is 2.97. The fraction of sp³-hybridized carbons (Fsp3) is 0.762. The zero-order valence-corrected chi connectivity index (χ0v) is 16.3. The number of hydrogen-bond donors (Lipinski definition) is 4. The van der Waals surface area contributed by atoms with E-state index in [2.05, 4.69) is 20.3 Å². The van der Waals surface area contributed by atoms with Crippen molar-refractivity contribution in [1.82, 2.24) is 19.9 Å². The lowest BCUT2D eigenvalue weighted by atomic mass is 9.65. The molecular weight excluding hydrogens is 354 g/mol. The highest BCUT2D eigenvalue weighted by Gasteiger charge is 2.37. The zero-order chi connectivity index (χ0) is 19.1. The van der Waals surface area contributed by atoms with Crippen molar-refractivity contribution in [3.05, 3.63) is 12.2 Å². The van der Waals surface area contributed by atoms with Crippen molar-refractivity contribution >= 4 is 17.0 Å². The third-order valence-electron chi connectivity index (χ3n) is 7.47. The monoisotopic (exact) mass is 385 g/mol. The van der Waals surface area contributed by atoms with Crippen molar-refractivity contribution in [2.45, 2.75) is 75.9 Å². The van der Waals surface area contributed by atoms with E-state index in [1.807, 2.05) is 0 Å². The van der Waals surface area contributed by atoms with E-state index < -0.39 is 6.10 Å². The van der Waals surface area contributed by atoms with Crippen molar-refractivity contribution in [3.8, 4) is 0 Å². The Kier molecular flexibility index (Phi) is 4.97. The molecule has 3 fully saturated rings. The van der Waals surface area contributed by atoms with Gasteiger partial charge in [-0.3, -0.25) is 0 Å². The highest BCUT2D eigenvalue weighted by atomic mass is 16.3. The van der Waals surface area contributed by atoms with Crippen LogP contribution >= 0.6 is 0 Å². The highest BCUT2D eigenvalue weighted by Crippen LogP contribution is 2.47. The molecule has 2 aromatic heterocycles. The van der Waals surface area contributed by atoms with Gasteiger partial charge >= 0.3 is 0 Å². The molecule has 7 nitrogen and oxygen atoms in total. The van der Waals surface area contributed by atoms with Crippen LogP contribution in [-0.2, 0) is 0 Å². The largest absolute Gasteiger partial charge is 0.396 e. The molecule has 0 saturated heterocycles. The van der Waals surface area contributed by atoms with Crippen LogP contribution in [-0.4, -0.2) is 48.9 Å².